The molecule has 1 unspecified atom stereocenters. The van der Waals surface area contributed by atoms with E-state index in [1.165, 1.54) is 28.4 Å². The molecule has 0 amide bonds. The predicted molar refractivity (Wildman–Crippen MR) is 85.5 cm³/mol. The van der Waals surface area contributed by atoms with Crippen molar-refractivity contribution in [3.8, 4) is 0 Å². The Morgan fingerprint density at radius 2 is 2.11 bits per heavy atom. The minimum atomic E-state index is 0.172. The second-order valence-corrected chi connectivity index (χ2v) is 6.51. The summed E-state index contributed by atoms with van der Waals surface area (Å²) in [6.07, 6.45) is 4.62. The molecule has 0 spiro atoms. The number of likely N-dealkylation sites (N-methyl/N-ethyl adjacent to an activating group) is 1. The Hall–Kier alpha value is -0.380. The van der Waals surface area contributed by atoms with E-state index >= 15 is 0 Å². The lowest BCUT2D eigenvalue weighted by Gasteiger charge is -2.46. The molecule has 0 saturated heterocycles. The quantitative estimate of drug-likeness (QED) is 0.899. The van der Waals surface area contributed by atoms with Crippen LogP contribution in [0.4, 0.5) is 0 Å². The minimum absolute atomic E-state index is 0.172. The molecule has 1 aliphatic carbocycles. The van der Waals surface area contributed by atoms with E-state index in [4.69, 9.17) is 5.73 Å². The van der Waals surface area contributed by atoms with E-state index in [1.54, 1.807) is 0 Å². The fraction of sp³-hybridized carbons (Fsp3) is 0.625. The highest BCUT2D eigenvalue weighted by Crippen LogP contribution is 2.34. The van der Waals surface area contributed by atoms with Gasteiger partial charge in [-0.1, -0.05) is 35.8 Å². The summed E-state index contributed by atoms with van der Waals surface area (Å²) in [4.78, 5) is 2.60. The van der Waals surface area contributed by atoms with Crippen LogP contribution in [0.15, 0.2) is 22.7 Å². The molecule has 1 atom stereocenters. The van der Waals surface area contributed by atoms with E-state index < -0.39 is 0 Å². The van der Waals surface area contributed by atoms with Crippen molar-refractivity contribution in [3.05, 3.63) is 33.8 Å². The van der Waals surface area contributed by atoms with Crippen LogP contribution < -0.4 is 5.73 Å². The first-order valence-electron chi connectivity index (χ1n) is 7.37. The van der Waals surface area contributed by atoms with Crippen LogP contribution in [-0.2, 0) is 12.8 Å². The van der Waals surface area contributed by atoms with Crippen LogP contribution in [0.2, 0.25) is 0 Å². The first kappa shape index (κ1) is 15.0. The summed E-state index contributed by atoms with van der Waals surface area (Å²) in [5, 5.41) is 0. The van der Waals surface area contributed by atoms with Crippen molar-refractivity contribution < 1.29 is 0 Å². The molecule has 3 heteroatoms. The fourth-order valence-electron chi connectivity index (χ4n) is 3.38. The van der Waals surface area contributed by atoms with Crippen molar-refractivity contribution in [1.82, 2.24) is 4.90 Å². The molecule has 1 aromatic carbocycles. The van der Waals surface area contributed by atoms with Crippen LogP contribution >= 0.6 is 15.9 Å². The molecular weight excluding hydrogens is 300 g/mol. The first-order chi connectivity index (χ1) is 9.15. The van der Waals surface area contributed by atoms with Crippen molar-refractivity contribution >= 4 is 15.9 Å². The molecule has 1 aromatic rings. The highest BCUT2D eigenvalue weighted by atomic mass is 79.9. The first-order valence-corrected chi connectivity index (χ1v) is 8.17. The third kappa shape index (κ3) is 3.04. The van der Waals surface area contributed by atoms with Gasteiger partial charge in [0.1, 0.15) is 0 Å². The number of nitrogens with zero attached hydrogens (tertiary/aromatic N) is 1. The van der Waals surface area contributed by atoms with Crippen molar-refractivity contribution in [2.75, 3.05) is 19.6 Å². The van der Waals surface area contributed by atoms with Crippen LogP contribution in [0.3, 0.4) is 0 Å². The van der Waals surface area contributed by atoms with Gasteiger partial charge in [0.2, 0.25) is 0 Å². The summed E-state index contributed by atoms with van der Waals surface area (Å²) in [5.74, 6) is 0. The lowest BCUT2D eigenvalue weighted by molar-refractivity contribution is 0.0848. The fourth-order valence-corrected chi connectivity index (χ4v) is 3.79. The zero-order chi connectivity index (χ0) is 13.9. The largest absolute Gasteiger partial charge is 0.329 e. The average Bonchev–Trinajstić information content (AvgIpc) is 2.44. The Labute approximate surface area is 125 Å². The third-order valence-corrected chi connectivity index (χ3v) is 4.97. The Bertz CT molecular complexity index is 433. The summed E-state index contributed by atoms with van der Waals surface area (Å²) in [6, 6.07) is 6.69. The van der Waals surface area contributed by atoms with Gasteiger partial charge in [-0.2, -0.15) is 0 Å². The maximum absolute atomic E-state index is 6.18. The Morgan fingerprint density at radius 1 is 1.32 bits per heavy atom. The molecule has 0 aliphatic heterocycles. The van der Waals surface area contributed by atoms with E-state index in [9.17, 15) is 0 Å². The van der Waals surface area contributed by atoms with Crippen LogP contribution in [-0.4, -0.2) is 30.1 Å². The van der Waals surface area contributed by atoms with Gasteiger partial charge in [0.15, 0.2) is 0 Å². The van der Waals surface area contributed by atoms with Crippen LogP contribution in [0.5, 0.6) is 0 Å². The number of halogens is 1. The zero-order valence-electron chi connectivity index (χ0n) is 12.1. The molecule has 0 radical (unpaired) electrons. The summed E-state index contributed by atoms with van der Waals surface area (Å²) >= 11 is 3.57. The Morgan fingerprint density at radius 3 is 2.74 bits per heavy atom. The monoisotopic (exact) mass is 324 g/mol. The number of rotatable bonds is 5. The highest BCUT2D eigenvalue weighted by Gasteiger charge is 2.37. The molecule has 2 rings (SSSR count). The highest BCUT2D eigenvalue weighted by molar-refractivity contribution is 9.10. The van der Waals surface area contributed by atoms with Crippen molar-refractivity contribution in [3.63, 3.8) is 0 Å². The summed E-state index contributed by atoms with van der Waals surface area (Å²) in [6.45, 7) is 7.51. The zero-order valence-corrected chi connectivity index (χ0v) is 13.7. The van der Waals surface area contributed by atoms with Gasteiger partial charge < -0.3 is 5.73 Å². The van der Waals surface area contributed by atoms with Gasteiger partial charge in [-0.05, 0) is 62.0 Å². The second-order valence-electron chi connectivity index (χ2n) is 5.60. The Kier molecular flexibility index (Phi) is 5.04. The maximum atomic E-state index is 6.18. The topological polar surface area (TPSA) is 29.3 Å². The number of hydrogen-bond donors (Lipinski definition) is 1. The van der Waals surface area contributed by atoms with E-state index in [1.807, 2.05) is 0 Å². The van der Waals surface area contributed by atoms with Crippen molar-refractivity contribution in [2.45, 2.75) is 45.1 Å². The van der Waals surface area contributed by atoms with E-state index in [0.29, 0.717) is 0 Å². The molecule has 2 nitrogen and oxygen atoms in total. The molecule has 19 heavy (non-hydrogen) atoms. The van der Waals surface area contributed by atoms with Gasteiger partial charge >= 0.3 is 0 Å². The third-order valence-electron chi connectivity index (χ3n) is 4.47. The van der Waals surface area contributed by atoms with Gasteiger partial charge in [-0.25, -0.2) is 0 Å². The van der Waals surface area contributed by atoms with Gasteiger partial charge in [0.25, 0.3) is 0 Å². The molecule has 1 aliphatic rings. The predicted octanol–water partition coefficient (Wildman–Crippen LogP) is 3.37. The van der Waals surface area contributed by atoms with Gasteiger partial charge in [0, 0.05) is 16.6 Å². The second kappa shape index (κ2) is 6.38. The smallest absolute Gasteiger partial charge is 0.0375 e. The van der Waals surface area contributed by atoms with Crippen molar-refractivity contribution in [2.24, 2.45) is 5.73 Å². The molecule has 0 saturated carbocycles. The average molecular weight is 325 g/mol. The van der Waals surface area contributed by atoms with Crippen molar-refractivity contribution in [1.29, 1.82) is 0 Å². The molecule has 0 bridgehead atoms. The molecule has 0 aromatic heterocycles. The summed E-state index contributed by atoms with van der Waals surface area (Å²) in [7, 11) is 0. The molecule has 0 fully saturated rings. The van der Waals surface area contributed by atoms with Gasteiger partial charge in [-0.3, -0.25) is 4.90 Å². The summed E-state index contributed by atoms with van der Waals surface area (Å²) in [5.41, 5.74) is 9.33. The Balaban J connectivity index is 2.27. The van der Waals surface area contributed by atoms with Gasteiger partial charge in [0.05, 0.1) is 0 Å². The number of hydrogen-bond acceptors (Lipinski definition) is 2. The van der Waals surface area contributed by atoms with E-state index in [-0.39, 0.29) is 5.54 Å². The van der Waals surface area contributed by atoms with Gasteiger partial charge in [-0.15, -0.1) is 0 Å². The number of nitrogens with two attached hydrogens (primary N) is 1. The lowest BCUT2D eigenvalue weighted by Crippen LogP contribution is -2.57. The van der Waals surface area contributed by atoms with Crippen LogP contribution in [0, 0.1) is 0 Å². The summed E-state index contributed by atoms with van der Waals surface area (Å²) < 4.78 is 1.19. The van der Waals surface area contributed by atoms with Crippen LogP contribution in [0.25, 0.3) is 0 Å². The maximum Gasteiger partial charge on any atom is 0.0375 e. The molecule has 2 N–H and O–H groups in total. The van der Waals surface area contributed by atoms with Crippen LogP contribution in [0.1, 0.15) is 37.8 Å². The lowest BCUT2D eigenvalue weighted by atomic mass is 9.76. The number of fused-ring (bicyclic) bond motifs is 1. The number of benzene rings is 1. The van der Waals surface area contributed by atoms with E-state index in [2.05, 4.69) is 52.9 Å². The normalized spacial score (nSPS) is 22.6. The SMILES string of the molecule is CCCN(CC)C1(CN)CCc2cc(Br)ccc2C1. The standard InChI is InChI=1S/C16H25BrN2/c1-3-9-19(4-2)16(12-18)8-7-13-10-15(17)6-5-14(13)11-16/h5-6,10H,3-4,7-9,11-12,18H2,1-2H3. The number of aryl methyl sites for hydroxylation is 1. The molecule has 106 valence electrons. The molecule has 0 heterocycles. The van der Waals surface area contributed by atoms with E-state index in [0.717, 1.165) is 32.5 Å². The minimum Gasteiger partial charge on any atom is -0.329 e. The molecular formula is C16H25BrN2.